The van der Waals surface area contributed by atoms with Crippen molar-refractivity contribution in [3.8, 4) is 11.5 Å². The maximum Gasteiger partial charge on any atom is 0.352 e. The molecule has 2 N–H and O–H groups in total. The van der Waals surface area contributed by atoms with Crippen LogP contribution in [0.15, 0.2) is 24.0 Å². The van der Waals surface area contributed by atoms with Gasteiger partial charge in [-0.15, -0.1) is 0 Å². The highest BCUT2D eigenvalue weighted by molar-refractivity contribution is 5.80. The SMILES string of the molecule is CCCCCCCCCCCCCCCCCC(=O)O[C@@H](C)C(=O)OC1=CC[C@@]2(O)[C@H]3Cc4ccc(O)c5c4C2(CCN3C)C1O5. The first-order chi connectivity index (χ1) is 22.2. The molecule has 1 saturated heterocycles. The van der Waals surface area contributed by atoms with Crippen molar-refractivity contribution in [3.05, 3.63) is 35.1 Å². The monoisotopic (exact) mass is 639 g/mol. The first-order valence-electron chi connectivity index (χ1n) is 18.3. The molecule has 0 radical (unpaired) electrons. The van der Waals surface area contributed by atoms with Gasteiger partial charge in [0.05, 0.1) is 11.0 Å². The van der Waals surface area contributed by atoms with Gasteiger partial charge in [-0.3, -0.25) is 4.79 Å². The third-order valence-electron chi connectivity index (χ3n) is 11.2. The van der Waals surface area contributed by atoms with Crippen molar-refractivity contribution in [1.29, 1.82) is 0 Å². The van der Waals surface area contributed by atoms with Crippen LogP contribution in [0.1, 0.15) is 141 Å². The van der Waals surface area contributed by atoms with Gasteiger partial charge in [0.1, 0.15) is 5.76 Å². The fourth-order valence-corrected chi connectivity index (χ4v) is 8.58. The number of esters is 2. The van der Waals surface area contributed by atoms with Gasteiger partial charge >= 0.3 is 11.9 Å². The molecule has 2 aliphatic carbocycles. The number of nitrogens with zero attached hydrogens (tertiary/aromatic N) is 1. The quantitative estimate of drug-likeness (QED) is 0.119. The van der Waals surface area contributed by atoms with Crippen LogP contribution in [0.5, 0.6) is 11.5 Å². The number of hydrogen-bond acceptors (Lipinski definition) is 8. The molecule has 5 rings (SSSR count). The van der Waals surface area contributed by atoms with Crippen molar-refractivity contribution in [1.82, 2.24) is 4.90 Å². The second-order valence-electron chi connectivity index (χ2n) is 14.4. The fourth-order valence-electron chi connectivity index (χ4n) is 8.58. The molecule has 256 valence electrons. The number of piperidine rings is 1. The molecule has 1 aromatic carbocycles. The number of hydrogen-bond donors (Lipinski definition) is 2. The van der Waals surface area contributed by atoms with E-state index in [1.54, 1.807) is 12.1 Å². The summed E-state index contributed by atoms with van der Waals surface area (Å²) in [6, 6.07) is 3.43. The number of ether oxygens (including phenoxy) is 3. The van der Waals surface area contributed by atoms with E-state index in [1.165, 1.54) is 84.0 Å². The summed E-state index contributed by atoms with van der Waals surface area (Å²) in [5, 5.41) is 22.9. The summed E-state index contributed by atoms with van der Waals surface area (Å²) in [7, 11) is 2.03. The summed E-state index contributed by atoms with van der Waals surface area (Å²) in [4.78, 5) is 27.9. The highest BCUT2D eigenvalue weighted by atomic mass is 16.6. The third kappa shape index (κ3) is 6.99. The predicted molar refractivity (Wildman–Crippen MR) is 178 cm³/mol. The van der Waals surface area contributed by atoms with E-state index in [0.29, 0.717) is 30.8 Å². The fraction of sp³-hybridized carbons (Fsp3) is 0.737. The number of likely N-dealkylation sites (N-methyl/N-ethyl adjacent to an activating group) is 1. The molecule has 0 saturated carbocycles. The van der Waals surface area contributed by atoms with E-state index < -0.39 is 35.2 Å². The lowest BCUT2D eigenvalue weighted by atomic mass is 9.50. The molecule has 1 fully saturated rings. The number of aromatic hydroxyl groups is 1. The second-order valence-corrected chi connectivity index (χ2v) is 14.4. The van der Waals surface area contributed by atoms with Crippen LogP contribution >= 0.6 is 0 Å². The van der Waals surface area contributed by atoms with E-state index in [0.717, 1.165) is 36.9 Å². The van der Waals surface area contributed by atoms with Crippen LogP contribution in [0.4, 0.5) is 0 Å². The Bertz CT molecular complexity index is 1250. The molecule has 0 aromatic heterocycles. The molecular weight excluding hydrogens is 582 g/mol. The molecule has 8 heteroatoms. The summed E-state index contributed by atoms with van der Waals surface area (Å²) in [6.07, 6.45) is 20.7. The van der Waals surface area contributed by atoms with E-state index in [9.17, 15) is 19.8 Å². The van der Waals surface area contributed by atoms with Gasteiger partial charge in [0.2, 0.25) is 0 Å². The van der Waals surface area contributed by atoms with Crippen LogP contribution < -0.4 is 4.74 Å². The van der Waals surface area contributed by atoms with Crippen molar-refractivity contribution in [3.63, 3.8) is 0 Å². The van der Waals surface area contributed by atoms with Crippen molar-refractivity contribution in [2.45, 2.75) is 165 Å². The number of rotatable bonds is 19. The number of aliphatic hydroxyl groups is 1. The maximum atomic E-state index is 13.1. The molecular formula is C38H57NO7. The first-order valence-corrected chi connectivity index (χ1v) is 18.3. The number of likely N-dealkylation sites (tertiary alicyclic amines) is 1. The zero-order chi connectivity index (χ0) is 32.7. The van der Waals surface area contributed by atoms with Crippen molar-refractivity contribution >= 4 is 11.9 Å². The Labute approximate surface area is 275 Å². The lowest BCUT2D eigenvalue weighted by Crippen LogP contribution is -2.74. The van der Waals surface area contributed by atoms with Gasteiger partial charge in [0, 0.05) is 24.4 Å². The highest BCUT2D eigenvalue weighted by Gasteiger charge is 2.72. The molecule has 1 spiro atoms. The smallest absolute Gasteiger partial charge is 0.352 e. The zero-order valence-electron chi connectivity index (χ0n) is 28.5. The van der Waals surface area contributed by atoms with E-state index in [4.69, 9.17) is 14.2 Å². The Balaban J connectivity index is 1.02. The minimum absolute atomic E-state index is 0.0223. The molecule has 8 nitrogen and oxygen atoms in total. The van der Waals surface area contributed by atoms with Crippen LogP contribution in [-0.2, 0) is 30.9 Å². The van der Waals surface area contributed by atoms with E-state index in [1.807, 2.05) is 13.1 Å². The summed E-state index contributed by atoms with van der Waals surface area (Å²) >= 11 is 0. The van der Waals surface area contributed by atoms with Crippen molar-refractivity contribution in [2.75, 3.05) is 13.6 Å². The second kappa shape index (κ2) is 15.5. The molecule has 2 bridgehead atoms. The summed E-state index contributed by atoms with van der Waals surface area (Å²) in [5.74, 6) is -0.354. The minimum atomic E-state index is -1.13. The van der Waals surface area contributed by atoms with E-state index >= 15 is 0 Å². The lowest BCUT2D eigenvalue weighted by Gasteiger charge is -2.61. The summed E-state index contributed by atoms with van der Waals surface area (Å²) in [6.45, 7) is 4.54. The van der Waals surface area contributed by atoms with Gasteiger partial charge in [-0.2, -0.15) is 0 Å². The Kier molecular flexibility index (Phi) is 11.7. The molecule has 4 aliphatic rings. The topological polar surface area (TPSA) is 106 Å². The van der Waals surface area contributed by atoms with Crippen molar-refractivity contribution < 1.29 is 34.0 Å². The van der Waals surface area contributed by atoms with Gasteiger partial charge in [-0.25, -0.2) is 4.79 Å². The van der Waals surface area contributed by atoms with Crippen molar-refractivity contribution in [2.24, 2.45) is 0 Å². The van der Waals surface area contributed by atoms with Crippen LogP contribution in [0.3, 0.4) is 0 Å². The first kappa shape index (κ1) is 34.7. The van der Waals surface area contributed by atoms with Crippen LogP contribution in [0, 0.1) is 0 Å². The molecule has 0 amide bonds. The number of carbonyl (C=O) groups excluding carboxylic acids is 2. The highest BCUT2D eigenvalue weighted by Crippen LogP contribution is 2.65. The molecule has 46 heavy (non-hydrogen) atoms. The Hall–Kier alpha value is -2.58. The molecule has 5 atom stereocenters. The average molecular weight is 640 g/mol. The molecule has 2 unspecified atom stereocenters. The number of carbonyl (C=O) groups is 2. The number of benzene rings is 1. The Morgan fingerprint density at radius 2 is 1.59 bits per heavy atom. The van der Waals surface area contributed by atoms with Gasteiger partial charge < -0.3 is 29.3 Å². The zero-order valence-corrected chi connectivity index (χ0v) is 28.5. The van der Waals surface area contributed by atoms with Gasteiger partial charge in [0.15, 0.2) is 23.7 Å². The van der Waals surface area contributed by atoms with Gasteiger partial charge in [-0.05, 0) is 57.5 Å². The largest absolute Gasteiger partial charge is 0.504 e. The average Bonchev–Trinajstić information content (AvgIpc) is 3.40. The standard InChI is InChI=1S/C38H57NO7/c1-4-5-6-7-8-9-10-11-12-13-14-15-16-17-18-19-32(41)44-27(2)36(42)45-30-22-23-38(43)31-26-28-20-21-29(40)34-33(28)37(38,35(30)46-34)24-25-39(31)3/h20-22,27,31,35,40,43H,4-19,23-26H2,1-3H3/t27-,31+,35?,37?,38+/m0/s1. The predicted octanol–water partition coefficient (Wildman–Crippen LogP) is 7.41. The summed E-state index contributed by atoms with van der Waals surface area (Å²) < 4.78 is 17.6. The van der Waals surface area contributed by atoms with Gasteiger partial charge in [0.25, 0.3) is 0 Å². The molecule has 2 heterocycles. The van der Waals surface area contributed by atoms with Crippen LogP contribution in [0.25, 0.3) is 0 Å². The summed E-state index contributed by atoms with van der Waals surface area (Å²) in [5.41, 5.74) is -0.0686. The minimum Gasteiger partial charge on any atom is -0.504 e. The molecule has 1 aromatic rings. The number of unbranched alkanes of at least 4 members (excludes halogenated alkanes) is 14. The van der Waals surface area contributed by atoms with E-state index in [-0.39, 0.29) is 18.2 Å². The number of phenols is 1. The lowest BCUT2D eigenvalue weighted by molar-refractivity contribution is -0.175. The Morgan fingerprint density at radius 3 is 2.22 bits per heavy atom. The Morgan fingerprint density at radius 1 is 0.978 bits per heavy atom. The normalized spacial score (nSPS) is 26.6. The van der Waals surface area contributed by atoms with Crippen LogP contribution in [0.2, 0.25) is 0 Å². The van der Waals surface area contributed by atoms with Gasteiger partial charge in [-0.1, -0.05) is 103 Å². The maximum absolute atomic E-state index is 13.1. The third-order valence-corrected chi connectivity index (χ3v) is 11.2. The molecule has 2 aliphatic heterocycles. The van der Waals surface area contributed by atoms with Crippen LogP contribution in [-0.4, -0.2) is 64.5 Å². The number of phenolic OH excluding ortho intramolecular Hbond substituents is 1. The van der Waals surface area contributed by atoms with E-state index in [2.05, 4.69) is 11.8 Å².